The lowest BCUT2D eigenvalue weighted by molar-refractivity contribution is 0.137. The molecule has 0 unspecified atom stereocenters. The Balaban J connectivity index is 2.39. The summed E-state index contributed by atoms with van der Waals surface area (Å²) in [5.74, 6) is 1.47. The van der Waals surface area contributed by atoms with Crippen molar-refractivity contribution >= 4 is 22.0 Å². The van der Waals surface area contributed by atoms with Gasteiger partial charge in [0.05, 0.1) is 4.47 Å². The topological polar surface area (TPSA) is 47.6 Å². The summed E-state index contributed by atoms with van der Waals surface area (Å²) in [5.41, 5.74) is 2.36. The Bertz CT molecular complexity index is 630. The first kappa shape index (κ1) is 17.1. The van der Waals surface area contributed by atoms with Crippen LogP contribution in [-0.4, -0.2) is 17.2 Å². The molecule has 1 aliphatic rings. The number of halogens is 1. The molecular formula is C17H24BrNO3. The van der Waals surface area contributed by atoms with Crippen molar-refractivity contribution in [2.45, 2.75) is 66.0 Å². The Hall–Kier alpha value is -1.23. The Labute approximate surface area is 140 Å². The molecule has 2 rings (SSSR count). The van der Waals surface area contributed by atoms with Crippen LogP contribution in [0.3, 0.4) is 0 Å². The molecule has 1 aromatic rings. The van der Waals surface area contributed by atoms with Crippen LogP contribution < -0.4 is 14.8 Å². The molecule has 22 heavy (non-hydrogen) atoms. The molecule has 0 spiro atoms. The number of carbonyl (C=O) groups excluding carboxylic acids is 1. The minimum Gasteiger partial charge on any atom is -0.486 e. The lowest BCUT2D eigenvalue weighted by Crippen LogP contribution is -2.42. The summed E-state index contributed by atoms with van der Waals surface area (Å²) >= 11 is 3.58. The zero-order chi connectivity index (χ0) is 16.9. The van der Waals surface area contributed by atoms with E-state index >= 15 is 0 Å². The van der Waals surface area contributed by atoms with Crippen molar-refractivity contribution in [3.05, 3.63) is 21.2 Å². The number of ether oxygens (including phenoxy) is 2. The lowest BCUT2D eigenvalue weighted by Gasteiger charge is -2.22. The summed E-state index contributed by atoms with van der Waals surface area (Å²) in [7, 11) is 0. The van der Waals surface area contributed by atoms with Crippen molar-refractivity contribution in [1.29, 1.82) is 0 Å². The van der Waals surface area contributed by atoms with E-state index in [-0.39, 0.29) is 11.1 Å². The summed E-state index contributed by atoms with van der Waals surface area (Å²) in [6.45, 7) is 13.8. The molecule has 0 aromatic heterocycles. The quantitative estimate of drug-likeness (QED) is 0.782. The predicted octanol–water partition coefficient (Wildman–Crippen LogP) is 4.67. The smallest absolute Gasteiger partial charge is 0.413 e. The fraction of sp³-hybridized carbons (Fsp3) is 0.588. The molecule has 0 radical (unpaired) electrons. The van der Waals surface area contributed by atoms with Gasteiger partial charge < -0.3 is 14.8 Å². The number of hydrogen-bond donors (Lipinski definition) is 1. The second-order valence-corrected chi connectivity index (χ2v) is 8.30. The summed E-state index contributed by atoms with van der Waals surface area (Å²) < 4.78 is 12.5. The van der Waals surface area contributed by atoms with Crippen molar-refractivity contribution in [2.75, 3.05) is 0 Å². The van der Waals surface area contributed by atoms with Crippen molar-refractivity contribution < 1.29 is 14.3 Å². The van der Waals surface area contributed by atoms with Gasteiger partial charge in [-0.15, -0.1) is 0 Å². The molecule has 1 heterocycles. The fourth-order valence-electron chi connectivity index (χ4n) is 2.63. The Morgan fingerprint density at radius 2 is 1.86 bits per heavy atom. The van der Waals surface area contributed by atoms with Crippen LogP contribution in [0.2, 0.25) is 0 Å². The van der Waals surface area contributed by atoms with Gasteiger partial charge in [-0.25, -0.2) is 4.79 Å². The summed E-state index contributed by atoms with van der Waals surface area (Å²) in [4.78, 5) is 12.1. The van der Waals surface area contributed by atoms with Gasteiger partial charge >= 0.3 is 6.09 Å². The maximum Gasteiger partial charge on any atom is 0.413 e. The first-order valence-corrected chi connectivity index (χ1v) is 8.21. The molecule has 5 heteroatoms. The Kier molecular flexibility index (Phi) is 4.24. The van der Waals surface area contributed by atoms with Crippen molar-refractivity contribution in [3.8, 4) is 11.5 Å². The lowest BCUT2D eigenvalue weighted by atomic mass is 9.96. The van der Waals surface area contributed by atoms with E-state index in [1.54, 1.807) is 0 Å². The van der Waals surface area contributed by atoms with Crippen LogP contribution >= 0.6 is 15.9 Å². The van der Waals surface area contributed by atoms with Gasteiger partial charge in [0.25, 0.3) is 0 Å². The van der Waals surface area contributed by atoms with Crippen molar-refractivity contribution in [3.63, 3.8) is 0 Å². The minimum absolute atomic E-state index is 0.242. The third kappa shape index (κ3) is 3.40. The van der Waals surface area contributed by atoms with Crippen molar-refractivity contribution in [2.24, 2.45) is 0 Å². The predicted molar refractivity (Wildman–Crippen MR) is 90.9 cm³/mol. The van der Waals surface area contributed by atoms with Crippen LogP contribution in [0.15, 0.2) is 4.47 Å². The van der Waals surface area contributed by atoms with Gasteiger partial charge in [0.2, 0.25) is 0 Å². The van der Waals surface area contributed by atoms with Gasteiger partial charge in [-0.05, 0) is 70.0 Å². The molecule has 122 valence electrons. The van der Waals surface area contributed by atoms with Crippen LogP contribution in [0.1, 0.15) is 51.3 Å². The third-order valence-corrected chi connectivity index (χ3v) is 4.54. The highest BCUT2D eigenvalue weighted by Gasteiger charge is 2.35. The monoisotopic (exact) mass is 369 g/mol. The number of fused-ring (bicyclic) bond motifs is 1. The van der Waals surface area contributed by atoms with Gasteiger partial charge in [-0.3, -0.25) is 0 Å². The summed E-state index contributed by atoms with van der Waals surface area (Å²) in [6.07, 6.45) is 0.355. The number of amides is 1. The highest BCUT2D eigenvalue weighted by atomic mass is 79.9. The normalized spacial score (nSPS) is 16.0. The van der Waals surface area contributed by atoms with E-state index < -0.39 is 6.09 Å². The molecule has 4 nitrogen and oxygen atoms in total. The minimum atomic E-state index is -0.441. The highest BCUT2D eigenvalue weighted by Crippen LogP contribution is 2.47. The van der Waals surface area contributed by atoms with Crippen molar-refractivity contribution in [1.82, 2.24) is 5.32 Å². The standard InChI is InChI=1S/C17H24BrNO3/c1-9-11-8-17(6,7)22-14(11)12(18)10(2)13(9)21-15(20)19-16(3,4)5/h8H2,1-7H3,(H,19,20). The first-order valence-electron chi connectivity index (χ1n) is 7.42. The largest absolute Gasteiger partial charge is 0.486 e. The maximum absolute atomic E-state index is 12.1. The number of nitrogens with one attached hydrogen (secondary N) is 1. The average molecular weight is 370 g/mol. The zero-order valence-corrected chi connectivity index (χ0v) is 15.9. The molecule has 0 fully saturated rings. The SMILES string of the molecule is Cc1c(Br)c2c(c(C)c1OC(=O)NC(C)(C)C)CC(C)(C)O2. The van der Waals surface area contributed by atoms with Gasteiger partial charge in [0.15, 0.2) is 0 Å². The Morgan fingerprint density at radius 1 is 1.27 bits per heavy atom. The molecule has 1 amide bonds. The van der Waals surface area contributed by atoms with Gasteiger partial charge in [0.1, 0.15) is 17.1 Å². The molecule has 0 aliphatic carbocycles. The highest BCUT2D eigenvalue weighted by molar-refractivity contribution is 9.10. The van der Waals surface area contributed by atoms with Gasteiger partial charge in [0, 0.05) is 23.1 Å². The van der Waals surface area contributed by atoms with E-state index in [9.17, 15) is 4.79 Å². The summed E-state index contributed by atoms with van der Waals surface area (Å²) in [5, 5.41) is 2.82. The number of carbonyl (C=O) groups is 1. The van der Waals surface area contributed by atoms with E-state index in [2.05, 4.69) is 35.1 Å². The van der Waals surface area contributed by atoms with Crippen LogP contribution in [0, 0.1) is 13.8 Å². The third-order valence-electron chi connectivity index (χ3n) is 3.59. The van der Waals surface area contributed by atoms with Crippen LogP contribution in [0.25, 0.3) is 0 Å². The second-order valence-electron chi connectivity index (χ2n) is 7.50. The summed E-state index contributed by atoms with van der Waals surface area (Å²) in [6, 6.07) is 0. The number of hydrogen-bond acceptors (Lipinski definition) is 3. The van der Waals surface area contributed by atoms with Crippen LogP contribution in [0.5, 0.6) is 11.5 Å². The fourth-order valence-corrected chi connectivity index (χ4v) is 3.13. The Morgan fingerprint density at radius 3 is 2.41 bits per heavy atom. The van der Waals surface area contributed by atoms with E-state index in [4.69, 9.17) is 9.47 Å². The van der Waals surface area contributed by atoms with E-state index in [0.29, 0.717) is 5.75 Å². The second kappa shape index (κ2) is 5.44. The van der Waals surface area contributed by atoms with Crippen LogP contribution in [0.4, 0.5) is 4.79 Å². The van der Waals surface area contributed by atoms with Gasteiger partial charge in [-0.1, -0.05) is 0 Å². The molecule has 1 aliphatic heterocycles. The molecule has 1 N–H and O–H groups in total. The van der Waals surface area contributed by atoms with Crippen LogP contribution in [-0.2, 0) is 6.42 Å². The van der Waals surface area contributed by atoms with E-state index in [1.807, 2.05) is 34.6 Å². The number of benzene rings is 1. The molecule has 0 saturated heterocycles. The van der Waals surface area contributed by atoms with Gasteiger partial charge in [-0.2, -0.15) is 0 Å². The number of rotatable bonds is 1. The molecular weight excluding hydrogens is 346 g/mol. The molecule has 0 atom stereocenters. The molecule has 1 aromatic carbocycles. The van der Waals surface area contributed by atoms with E-state index in [0.717, 1.165) is 33.3 Å². The first-order chi connectivity index (χ1) is 9.91. The average Bonchev–Trinajstić information content (AvgIpc) is 2.66. The van der Waals surface area contributed by atoms with E-state index in [1.165, 1.54) is 0 Å². The molecule has 0 saturated carbocycles. The maximum atomic E-state index is 12.1. The zero-order valence-electron chi connectivity index (χ0n) is 14.3. The molecule has 0 bridgehead atoms.